The number of nitrogens with two attached hydrogens (primary N) is 1. The van der Waals surface area contributed by atoms with E-state index in [-0.39, 0.29) is 37.8 Å². The Kier molecular flexibility index (Phi) is 8.59. The first-order valence-corrected chi connectivity index (χ1v) is 9.57. The molecule has 0 aliphatic rings. The van der Waals surface area contributed by atoms with Crippen molar-refractivity contribution in [1.29, 1.82) is 0 Å². The molecule has 3 N–H and O–H groups in total. The summed E-state index contributed by atoms with van der Waals surface area (Å²) < 4.78 is 17.9. The molecular formula is C18H28N6O5. The molecule has 0 fully saturated rings. The van der Waals surface area contributed by atoms with Crippen LogP contribution in [0.2, 0.25) is 0 Å². The zero-order valence-corrected chi connectivity index (χ0v) is 17.0. The van der Waals surface area contributed by atoms with E-state index in [1.807, 2.05) is 13.8 Å². The predicted molar refractivity (Wildman–Crippen MR) is 106 cm³/mol. The molecule has 0 spiro atoms. The van der Waals surface area contributed by atoms with E-state index in [1.54, 1.807) is 17.9 Å². The molecule has 0 saturated carbocycles. The molecule has 29 heavy (non-hydrogen) atoms. The molecule has 2 rings (SSSR count). The maximum absolute atomic E-state index is 11.7. The first kappa shape index (κ1) is 22.3. The second kappa shape index (κ2) is 11.1. The van der Waals surface area contributed by atoms with Crippen molar-refractivity contribution < 1.29 is 23.8 Å². The van der Waals surface area contributed by atoms with E-state index in [1.165, 1.54) is 0 Å². The largest absolute Gasteiger partial charge is 0.463 e. The van der Waals surface area contributed by atoms with E-state index >= 15 is 0 Å². The molecule has 0 unspecified atom stereocenters. The maximum Gasteiger partial charge on any atom is 0.305 e. The number of nitrogens with one attached hydrogen (secondary N) is 1. The Morgan fingerprint density at radius 1 is 1.14 bits per heavy atom. The number of hydrogen-bond acceptors (Lipinski definition) is 10. The van der Waals surface area contributed by atoms with E-state index in [9.17, 15) is 9.59 Å². The van der Waals surface area contributed by atoms with Crippen LogP contribution in [0, 0.1) is 0 Å². The quantitative estimate of drug-likeness (QED) is 0.495. The number of carbonyl (C=O) groups excluding carboxylic acids is 2. The molecule has 11 heteroatoms. The Hall–Kier alpha value is -2.95. The lowest BCUT2D eigenvalue weighted by Gasteiger charge is -2.18. The van der Waals surface area contributed by atoms with E-state index < -0.39 is 6.10 Å². The van der Waals surface area contributed by atoms with Crippen LogP contribution in [0.1, 0.15) is 39.5 Å². The first-order chi connectivity index (χ1) is 14.0. The van der Waals surface area contributed by atoms with Crippen molar-refractivity contribution in [2.45, 2.75) is 52.4 Å². The Labute approximate surface area is 168 Å². The van der Waals surface area contributed by atoms with Crippen LogP contribution in [0.15, 0.2) is 6.33 Å². The molecule has 0 aliphatic heterocycles. The molecule has 2 heterocycles. The van der Waals surface area contributed by atoms with Crippen molar-refractivity contribution >= 4 is 34.9 Å². The number of nitrogens with zero attached hydrogens (tertiary/aromatic N) is 4. The summed E-state index contributed by atoms with van der Waals surface area (Å²) in [5, 5.41) is 2.92. The number of anilines is 2. The van der Waals surface area contributed by atoms with Crippen LogP contribution >= 0.6 is 0 Å². The summed E-state index contributed by atoms with van der Waals surface area (Å²) in [7, 11) is 1.71. The lowest BCUT2D eigenvalue weighted by atomic mass is 10.3. The van der Waals surface area contributed by atoms with Crippen LogP contribution < -0.4 is 11.1 Å². The van der Waals surface area contributed by atoms with Gasteiger partial charge < -0.3 is 25.3 Å². The molecule has 0 amide bonds. The molecule has 0 radical (unpaired) electrons. The molecule has 2 aromatic heterocycles. The van der Waals surface area contributed by atoms with Crippen molar-refractivity contribution in [3.8, 4) is 0 Å². The molecule has 0 aliphatic carbocycles. The standard InChI is InChI=1S/C18H28N6O5/c1-4-6-13(25)27-8-12(9-28-14(26)7-5-2)29-11-24-10-21-15-16(20-3)22-18(19)23-17(15)24/h10,12H,4-9,11H2,1-3H3,(H3,19,20,22,23). The van der Waals surface area contributed by atoms with Crippen LogP contribution in [0.5, 0.6) is 0 Å². The highest BCUT2D eigenvalue weighted by molar-refractivity contribution is 5.83. The zero-order chi connectivity index (χ0) is 21.2. The lowest BCUT2D eigenvalue weighted by molar-refractivity contribution is -0.157. The summed E-state index contributed by atoms with van der Waals surface area (Å²) in [6.07, 6.45) is 2.92. The Morgan fingerprint density at radius 3 is 2.31 bits per heavy atom. The van der Waals surface area contributed by atoms with Crippen LogP contribution in [0.4, 0.5) is 11.8 Å². The second-order valence-corrected chi connectivity index (χ2v) is 6.35. The molecule has 0 bridgehead atoms. The van der Waals surface area contributed by atoms with Gasteiger partial charge in [-0.05, 0) is 12.8 Å². The number of nitrogen functional groups attached to an aromatic ring is 1. The van der Waals surface area contributed by atoms with Gasteiger partial charge in [0.05, 0.1) is 6.33 Å². The average molecular weight is 408 g/mol. The van der Waals surface area contributed by atoms with Gasteiger partial charge in [-0.2, -0.15) is 9.97 Å². The Morgan fingerprint density at radius 2 is 1.76 bits per heavy atom. The fourth-order valence-electron chi connectivity index (χ4n) is 2.48. The monoisotopic (exact) mass is 408 g/mol. The summed E-state index contributed by atoms with van der Waals surface area (Å²) in [6, 6.07) is 0. The minimum atomic E-state index is -0.628. The maximum atomic E-state index is 11.7. The van der Waals surface area contributed by atoms with Gasteiger partial charge >= 0.3 is 11.9 Å². The third-order valence-electron chi connectivity index (χ3n) is 3.94. The predicted octanol–water partition coefficient (Wildman–Crippen LogP) is 1.48. The molecular weight excluding hydrogens is 380 g/mol. The van der Waals surface area contributed by atoms with Crippen LogP contribution in [0.3, 0.4) is 0 Å². The van der Waals surface area contributed by atoms with Gasteiger partial charge in [0.25, 0.3) is 0 Å². The van der Waals surface area contributed by atoms with Gasteiger partial charge in [0.15, 0.2) is 17.0 Å². The number of carbonyl (C=O) groups is 2. The third-order valence-corrected chi connectivity index (χ3v) is 3.94. The highest BCUT2D eigenvalue weighted by Crippen LogP contribution is 2.19. The van der Waals surface area contributed by atoms with Gasteiger partial charge in [-0.25, -0.2) is 4.98 Å². The molecule has 2 aromatic rings. The number of esters is 2. The smallest absolute Gasteiger partial charge is 0.305 e. The lowest BCUT2D eigenvalue weighted by Crippen LogP contribution is -2.29. The van der Waals surface area contributed by atoms with E-state index in [2.05, 4.69) is 20.3 Å². The minimum Gasteiger partial charge on any atom is -0.463 e. The second-order valence-electron chi connectivity index (χ2n) is 6.35. The number of fused-ring (bicyclic) bond motifs is 1. The number of ether oxygens (including phenoxy) is 3. The summed E-state index contributed by atoms with van der Waals surface area (Å²) in [6.45, 7) is 3.78. The molecule has 0 saturated heterocycles. The summed E-state index contributed by atoms with van der Waals surface area (Å²) in [5.74, 6) is -0.0478. The van der Waals surface area contributed by atoms with Gasteiger partial charge in [-0.3, -0.25) is 14.2 Å². The number of imidazole rings is 1. The molecule has 160 valence electrons. The van der Waals surface area contributed by atoms with Crippen molar-refractivity contribution in [3.63, 3.8) is 0 Å². The summed E-state index contributed by atoms with van der Waals surface area (Å²) >= 11 is 0. The molecule has 0 atom stereocenters. The third kappa shape index (κ3) is 6.56. The fourth-order valence-corrected chi connectivity index (χ4v) is 2.48. The molecule has 11 nitrogen and oxygen atoms in total. The van der Waals surface area contributed by atoms with E-state index in [4.69, 9.17) is 19.9 Å². The Bertz CT molecular complexity index is 802. The van der Waals surface area contributed by atoms with Gasteiger partial charge in [0, 0.05) is 19.9 Å². The number of hydrogen-bond donors (Lipinski definition) is 2. The van der Waals surface area contributed by atoms with E-state index in [0.29, 0.717) is 42.7 Å². The highest BCUT2D eigenvalue weighted by Gasteiger charge is 2.17. The van der Waals surface area contributed by atoms with Crippen molar-refractivity contribution in [3.05, 3.63) is 6.33 Å². The molecule has 0 aromatic carbocycles. The topological polar surface area (TPSA) is 143 Å². The number of rotatable bonds is 12. The first-order valence-electron chi connectivity index (χ1n) is 9.57. The summed E-state index contributed by atoms with van der Waals surface area (Å²) in [5.41, 5.74) is 6.78. The minimum absolute atomic E-state index is 0.0241. The van der Waals surface area contributed by atoms with Gasteiger partial charge in [-0.15, -0.1) is 0 Å². The zero-order valence-electron chi connectivity index (χ0n) is 17.0. The van der Waals surface area contributed by atoms with Crippen molar-refractivity contribution in [1.82, 2.24) is 19.5 Å². The normalized spacial score (nSPS) is 11.0. The summed E-state index contributed by atoms with van der Waals surface area (Å²) in [4.78, 5) is 35.9. The van der Waals surface area contributed by atoms with Gasteiger partial charge in [0.1, 0.15) is 26.0 Å². The SMILES string of the molecule is CCCC(=O)OCC(COC(=O)CCC)OCn1cnc2c(NC)nc(N)nc21. The van der Waals surface area contributed by atoms with Gasteiger partial charge in [-0.1, -0.05) is 13.8 Å². The highest BCUT2D eigenvalue weighted by atomic mass is 16.6. The van der Waals surface area contributed by atoms with Crippen LogP contribution in [-0.4, -0.2) is 57.8 Å². The Balaban J connectivity index is 2.05. The van der Waals surface area contributed by atoms with Crippen molar-refractivity contribution in [2.75, 3.05) is 31.3 Å². The fraction of sp³-hybridized carbons (Fsp3) is 0.611. The van der Waals surface area contributed by atoms with Crippen LogP contribution in [-0.2, 0) is 30.5 Å². The van der Waals surface area contributed by atoms with E-state index in [0.717, 1.165) is 0 Å². The van der Waals surface area contributed by atoms with Crippen LogP contribution in [0.25, 0.3) is 11.2 Å². The number of aromatic nitrogens is 4. The average Bonchev–Trinajstić information content (AvgIpc) is 3.10. The van der Waals surface area contributed by atoms with Crippen molar-refractivity contribution in [2.24, 2.45) is 0 Å². The van der Waals surface area contributed by atoms with Gasteiger partial charge in [0.2, 0.25) is 5.95 Å².